The summed E-state index contributed by atoms with van der Waals surface area (Å²) in [6, 6.07) is 9.18. The van der Waals surface area contributed by atoms with Gasteiger partial charge in [-0.2, -0.15) is 15.8 Å². The second-order valence-corrected chi connectivity index (χ2v) is 7.69. The Morgan fingerprint density at radius 2 is 1.79 bits per heavy atom. The molecule has 1 saturated heterocycles. The lowest BCUT2D eigenvalue weighted by atomic mass is 9.52. The number of likely N-dealkylation sites (N-methyl/N-ethyl adjacent to an activating group) is 1. The second-order valence-electron chi connectivity index (χ2n) is 7.69. The van der Waals surface area contributed by atoms with Crippen LogP contribution in [-0.2, 0) is 0 Å². The quantitative estimate of drug-likeness (QED) is 0.759. The molecule has 2 heterocycles. The van der Waals surface area contributed by atoms with Crippen molar-refractivity contribution in [2.24, 2.45) is 17.3 Å². The van der Waals surface area contributed by atoms with Crippen LogP contribution in [0.4, 0.5) is 8.78 Å². The summed E-state index contributed by atoms with van der Waals surface area (Å²) in [5.74, 6) is -4.51. The van der Waals surface area contributed by atoms with E-state index in [4.69, 9.17) is 5.41 Å². The fourth-order valence-electron chi connectivity index (χ4n) is 5.35. The molecule has 3 aliphatic rings. The van der Waals surface area contributed by atoms with E-state index in [9.17, 15) is 24.6 Å². The summed E-state index contributed by atoms with van der Waals surface area (Å²) >= 11 is 0. The molecule has 0 aromatic heterocycles. The van der Waals surface area contributed by atoms with E-state index in [0.29, 0.717) is 5.57 Å². The summed E-state index contributed by atoms with van der Waals surface area (Å²) in [4.78, 5) is 2.09. The summed E-state index contributed by atoms with van der Waals surface area (Å²) in [6.07, 6.45) is 3.46. The van der Waals surface area contributed by atoms with E-state index in [2.05, 4.69) is 11.0 Å². The van der Waals surface area contributed by atoms with Gasteiger partial charge >= 0.3 is 0 Å². The molecular formula is C21H17F2N5. The number of halogens is 2. The molecule has 5 nitrogen and oxygen atoms in total. The van der Waals surface area contributed by atoms with Gasteiger partial charge in [0.1, 0.15) is 17.6 Å². The van der Waals surface area contributed by atoms with E-state index in [1.165, 1.54) is 6.07 Å². The van der Waals surface area contributed by atoms with Crippen molar-refractivity contribution < 1.29 is 8.78 Å². The normalized spacial score (nSPS) is 33.2. The Morgan fingerprint density at radius 1 is 1.14 bits per heavy atom. The third kappa shape index (κ3) is 2.13. The second kappa shape index (κ2) is 6.23. The van der Waals surface area contributed by atoms with Crippen LogP contribution < -0.4 is 0 Å². The average molecular weight is 377 g/mol. The predicted octanol–water partition coefficient (Wildman–Crippen LogP) is 3.27. The Labute approximate surface area is 161 Å². The first-order chi connectivity index (χ1) is 13.4. The maximum Gasteiger partial charge on any atom is 0.190 e. The van der Waals surface area contributed by atoms with Crippen LogP contribution in [0.15, 0.2) is 29.8 Å². The zero-order chi connectivity index (χ0) is 20.2. The molecule has 0 spiro atoms. The first-order valence-corrected chi connectivity index (χ1v) is 9.09. The van der Waals surface area contributed by atoms with Gasteiger partial charge in [-0.25, -0.2) is 8.78 Å². The molecule has 2 fully saturated rings. The summed E-state index contributed by atoms with van der Waals surface area (Å²) in [5, 5.41) is 38.2. The fourth-order valence-corrected chi connectivity index (χ4v) is 5.35. The van der Waals surface area contributed by atoms with E-state index >= 15 is 0 Å². The Morgan fingerprint density at radius 3 is 2.36 bits per heavy atom. The number of nitrogens with zero attached hydrogens (tertiary/aromatic N) is 4. The van der Waals surface area contributed by atoms with Crippen LogP contribution in [0.3, 0.4) is 0 Å². The third-order valence-electron chi connectivity index (χ3n) is 6.65. The van der Waals surface area contributed by atoms with Gasteiger partial charge in [0.15, 0.2) is 5.41 Å². The van der Waals surface area contributed by atoms with Crippen LogP contribution in [0.5, 0.6) is 0 Å². The molecule has 1 aromatic carbocycles. The van der Waals surface area contributed by atoms with Gasteiger partial charge in [-0.15, -0.1) is 0 Å². The molecule has 1 unspecified atom stereocenters. The zero-order valence-electron chi connectivity index (χ0n) is 15.2. The van der Waals surface area contributed by atoms with Gasteiger partial charge in [-0.1, -0.05) is 12.1 Å². The predicted molar refractivity (Wildman–Crippen MR) is 95.7 cm³/mol. The van der Waals surface area contributed by atoms with E-state index < -0.39 is 34.8 Å². The SMILES string of the molecule is CN1[C@H]2C=C3C(C#N)C(=N)C(C#N)(C#N)[C@H](c4c(F)cccc4F)[C@H]3[C@@H]1CC2. The number of benzene rings is 1. The summed E-state index contributed by atoms with van der Waals surface area (Å²) in [6.45, 7) is 0. The first kappa shape index (κ1) is 18.3. The van der Waals surface area contributed by atoms with Crippen molar-refractivity contribution in [3.63, 3.8) is 0 Å². The van der Waals surface area contributed by atoms with Crippen molar-refractivity contribution in [3.05, 3.63) is 47.0 Å². The molecule has 1 saturated carbocycles. The van der Waals surface area contributed by atoms with Crippen LogP contribution in [0.1, 0.15) is 24.3 Å². The van der Waals surface area contributed by atoms with Crippen LogP contribution in [0.25, 0.3) is 0 Å². The molecule has 1 N–H and O–H groups in total. The monoisotopic (exact) mass is 377 g/mol. The minimum absolute atomic E-state index is 0.0858. The van der Waals surface area contributed by atoms with Gasteiger partial charge in [-0.3, -0.25) is 4.90 Å². The Kier molecular flexibility index (Phi) is 4.07. The van der Waals surface area contributed by atoms with Gasteiger partial charge in [0.05, 0.1) is 23.9 Å². The Hall–Kier alpha value is -3.08. The molecule has 0 radical (unpaired) electrons. The van der Waals surface area contributed by atoms with E-state index in [1.54, 1.807) is 0 Å². The number of rotatable bonds is 1. The number of fused-ring (bicyclic) bond motifs is 4. The van der Waals surface area contributed by atoms with Crippen LogP contribution >= 0.6 is 0 Å². The molecule has 1 aliphatic carbocycles. The molecule has 2 aliphatic heterocycles. The highest BCUT2D eigenvalue weighted by Crippen LogP contribution is 2.58. The summed E-state index contributed by atoms with van der Waals surface area (Å²) in [5.41, 5.74) is -2.23. The van der Waals surface area contributed by atoms with Crippen LogP contribution in [0.2, 0.25) is 0 Å². The number of nitriles is 3. The lowest BCUT2D eigenvalue weighted by Crippen LogP contribution is -2.56. The molecule has 2 bridgehead atoms. The third-order valence-corrected chi connectivity index (χ3v) is 6.65. The van der Waals surface area contributed by atoms with Gasteiger partial charge in [-0.05, 0) is 37.6 Å². The molecule has 0 amide bonds. The number of hydrogen-bond acceptors (Lipinski definition) is 5. The Balaban J connectivity index is 2.06. The molecule has 4 rings (SSSR count). The number of hydrogen-bond donors (Lipinski definition) is 1. The Bertz CT molecular complexity index is 990. The van der Waals surface area contributed by atoms with Crippen molar-refractivity contribution in [2.45, 2.75) is 30.8 Å². The first-order valence-electron chi connectivity index (χ1n) is 9.09. The minimum Gasteiger partial charge on any atom is -0.305 e. The highest BCUT2D eigenvalue weighted by atomic mass is 19.1. The van der Waals surface area contributed by atoms with Crippen molar-refractivity contribution in [1.82, 2.24) is 4.90 Å². The zero-order valence-corrected chi connectivity index (χ0v) is 15.2. The molecule has 5 atom stereocenters. The summed E-state index contributed by atoms with van der Waals surface area (Å²) < 4.78 is 29.7. The highest BCUT2D eigenvalue weighted by molar-refractivity contribution is 6.01. The lowest BCUT2D eigenvalue weighted by Gasteiger charge is -2.50. The van der Waals surface area contributed by atoms with E-state index in [1.807, 2.05) is 25.3 Å². The molecule has 28 heavy (non-hydrogen) atoms. The maximum atomic E-state index is 14.8. The van der Waals surface area contributed by atoms with Crippen LogP contribution in [-0.4, -0.2) is 29.7 Å². The maximum absolute atomic E-state index is 14.8. The molecule has 7 heteroatoms. The molecule has 1 aromatic rings. The van der Waals surface area contributed by atoms with Crippen molar-refractivity contribution >= 4 is 5.71 Å². The highest BCUT2D eigenvalue weighted by Gasteiger charge is 2.62. The van der Waals surface area contributed by atoms with E-state index in [-0.39, 0.29) is 23.4 Å². The smallest absolute Gasteiger partial charge is 0.190 e. The van der Waals surface area contributed by atoms with Gasteiger partial charge in [0.2, 0.25) is 0 Å². The minimum atomic E-state index is -2.11. The molecular weight excluding hydrogens is 360 g/mol. The summed E-state index contributed by atoms with van der Waals surface area (Å²) in [7, 11) is 1.91. The number of nitrogens with one attached hydrogen (secondary N) is 1. The van der Waals surface area contributed by atoms with Gasteiger partial charge < -0.3 is 5.41 Å². The van der Waals surface area contributed by atoms with Crippen molar-refractivity contribution in [3.8, 4) is 18.2 Å². The van der Waals surface area contributed by atoms with Gasteiger partial charge in [0, 0.05) is 29.5 Å². The standard InChI is InChI=1S/C21H17F2N5/c1-28-11-5-6-16(28)17-12(7-11)13(8-24)20(27)21(9-25,10-26)19(17)18-14(22)3-2-4-15(18)23/h2-4,7,11,13,16-17,19,27H,5-6H2,1H3/t11-,13?,16+,17-,19+/m1/s1. The van der Waals surface area contributed by atoms with E-state index in [0.717, 1.165) is 25.0 Å². The lowest BCUT2D eigenvalue weighted by molar-refractivity contribution is 0.154. The van der Waals surface area contributed by atoms with Crippen LogP contribution in [0, 0.1) is 68.3 Å². The fraction of sp³-hybridized carbons (Fsp3) is 0.429. The van der Waals surface area contributed by atoms with Crippen molar-refractivity contribution in [2.75, 3.05) is 7.05 Å². The largest absolute Gasteiger partial charge is 0.305 e. The average Bonchev–Trinajstić information content (AvgIpc) is 2.91. The van der Waals surface area contributed by atoms with Crippen molar-refractivity contribution in [1.29, 1.82) is 21.2 Å². The molecule has 140 valence electrons. The van der Waals surface area contributed by atoms with Gasteiger partial charge in [0.25, 0.3) is 0 Å². The topological polar surface area (TPSA) is 98.5 Å².